The van der Waals surface area contributed by atoms with E-state index in [1.807, 2.05) is 6.07 Å². The lowest BCUT2D eigenvalue weighted by atomic mass is 10.1. The SMILES string of the molecule is CN(C)C(=O)c1ccc(Cl)c(NC2CCOCC2)c1. The van der Waals surface area contributed by atoms with E-state index in [0.717, 1.165) is 31.7 Å². The zero-order valence-corrected chi connectivity index (χ0v) is 12.0. The topological polar surface area (TPSA) is 41.6 Å². The molecule has 1 aromatic carbocycles. The van der Waals surface area contributed by atoms with Crippen molar-refractivity contribution in [2.24, 2.45) is 0 Å². The summed E-state index contributed by atoms with van der Waals surface area (Å²) in [6, 6.07) is 5.69. The highest BCUT2D eigenvalue weighted by molar-refractivity contribution is 6.33. The second kappa shape index (κ2) is 6.26. The fourth-order valence-electron chi connectivity index (χ4n) is 2.09. The molecule has 1 N–H and O–H groups in total. The Labute approximate surface area is 118 Å². The standard InChI is InChI=1S/C14H19ClN2O2/c1-17(2)14(18)10-3-4-12(15)13(9-10)16-11-5-7-19-8-6-11/h3-4,9,11,16H,5-8H2,1-2H3. The molecule has 5 heteroatoms. The monoisotopic (exact) mass is 282 g/mol. The number of carbonyl (C=O) groups is 1. The molecule has 0 radical (unpaired) electrons. The number of rotatable bonds is 3. The van der Waals surface area contributed by atoms with Gasteiger partial charge in [0, 0.05) is 38.9 Å². The van der Waals surface area contributed by atoms with Gasteiger partial charge in [0.1, 0.15) is 0 Å². The first kappa shape index (κ1) is 14.2. The summed E-state index contributed by atoms with van der Waals surface area (Å²) in [6.07, 6.45) is 1.92. The summed E-state index contributed by atoms with van der Waals surface area (Å²) < 4.78 is 5.33. The van der Waals surface area contributed by atoms with Gasteiger partial charge in [-0.3, -0.25) is 4.79 Å². The third kappa shape index (κ3) is 3.61. The van der Waals surface area contributed by atoms with Gasteiger partial charge in [-0.2, -0.15) is 0 Å². The quantitative estimate of drug-likeness (QED) is 0.927. The number of carbonyl (C=O) groups excluding carboxylic acids is 1. The molecule has 0 unspecified atom stereocenters. The van der Waals surface area contributed by atoms with Crippen LogP contribution in [0.4, 0.5) is 5.69 Å². The van der Waals surface area contributed by atoms with Gasteiger partial charge in [0.15, 0.2) is 0 Å². The fraction of sp³-hybridized carbons (Fsp3) is 0.500. The van der Waals surface area contributed by atoms with Crippen molar-refractivity contribution in [1.29, 1.82) is 0 Å². The smallest absolute Gasteiger partial charge is 0.253 e. The fourth-order valence-corrected chi connectivity index (χ4v) is 2.26. The minimum absolute atomic E-state index is 0.0216. The predicted octanol–water partition coefficient (Wildman–Crippen LogP) is 2.63. The molecule has 0 spiro atoms. The zero-order chi connectivity index (χ0) is 13.8. The Balaban J connectivity index is 2.14. The van der Waals surface area contributed by atoms with Crippen LogP contribution in [0.2, 0.25) is 5.02 Å². The molecule has 1 saturated heterocycles. The highest BCUT2D eigenvalue weighted by atomic mass is 35.5. The van der Waals surface area contributed by atoms with Gasteiger partial charge in [-0.05, 0) is 31.0 Å². The summed E-state index contributed by atoms with van der Waals surface area (Å²) in [5.41, 5.74) is 1.46. The first-order valence-corrected chi connectivity index (χ1v) is 6.81. The number of nitrogens with zero attached hydrogens (tertiary/aromatic N) is 1. The summed E-state index contributed by atoms with van der Waals surface area (Å²) in [4.78, 5) is 13.5. The molecule has 0 bridgehead atoms. The third-order valence-corrected chi connectivity index (χ3v) is 3.53. The maximum atomic E-state index is 11.9. The first-order valence-electron chi connectivity index (χ1n) is 6.43. The predicted molar refractivity (Wildman–Crippen MR) is 76.9 cm³/mol. The van der Waals surface area contributed by atoms with Crippen LogP contribution in [0.3, 0.4) is 0 Å². The maximum absolute atomic E-state index is 11.9. The van der Waals surface area contributed by atoms with Crippen LogP contribution in [-0.4, -0.2) is 44.2 Å². The minimum atomic E-state index is -0.0216. The van der Waals surface area contributed by atoms with Crippen LogP contribution < -0.4 is 5.32 Å². The number of halogens is 1. The molecule has 19 heavy (non-hydrogen) atoms. The largest absolute Gasteiger partial charge is 0.381 e. The van der Waals surface area contributed by atoms with Gasteiger partial charge in [-0.1, -0.05) is 11.6 Å². The van der Waals surface area contributed by atoms with E-state index in [0.29, 0.717) is 16.6 Å². The molecular formula is C14H19ClN2O2. The lowest BCUT2D eigenvalue weighted by Crippen LogP contribution is -2.28. The number of hydrogen-bond donors (Lipinski definition) is 1. The van der Waals surface area contributed by atoms with Crippen molar-refractivity contribution in [3.05, 3.63) is 28.8 Å². The zero-order valence-electron chi connectivity index (χ0n) is 11.3. The van der Waals surface area contributed by atoms with Crippen LogP contribution in [-0.2, 0) is 4.74 Å². The van der Waals surface area contributed by atoms with E-state index in [9.17, 15) is 4.79 Å². The van der Waals surface area contributed by atoms with Crippen LogP contribution >= 0.6 is 11.6 Å². The molecule has 104 valence electrons. The lowest BCUT2D eigenvalue weighted by molar-refractivity contribution is 0.0827. The van der Waals surface area contributed by atoms with Crippen molar-refractivity contribution in [2.45, 2.75) is 18.9 Å². The average Bonchev–Trinajstić information content (AvgIpc) is 2.41. The molecule has 4 nitrogen and oxygen atoms in total. The van der Waals surface area contributed by atoms with Crippen LogP contribution in [0.5, 0.6) is 0 Å². The minimum Gasteiger partial charge on any atom is -0.381 e. The Bertz CT molecular complexity index is 457. The van der Waals surface area contributed by atoms with Crippen molar-refractivity contribution < 1.29 is 9.53 Å². The molecule has 1 aromatic rings. The van der Waals surface area contributed by atoms with Crippen molar-refractivity contribution in [1.82, 2.24) is 4.90 Å². The van der Waals surface area contributed by atoms with Crippen molar-refractivity contribution in [3.8, 4) is 0 Å². The van der Waals surface area contributed by atoms with E-state index in [-0.39, 0.29) is 5.91 Å². The first-order chi connectivity index (χ1) is 9.08. The molecule has 2 rings (SSSR count). The van der Waals surface area contributed by atoms with Crippen molar-refractivity contribution in [3.63, 3.8) is 0 Å². The third-order valence-electron chi connectivity index (χ3n) is 3.20. The normalized spacial score (nSPS) is 16.2. The Kier molecular flexibility index (Phi) is 4.66. The maximum Gasteiger partial charge on any atom is 0.253 e. The van der Waals surface area contributed by atoms with Crippen molar-refractivity contribution in [2.75, 3.05) is 32.6 Å². The van der Waals surface area contributed by atoms with E-state index < -0.39 is 0 Å². The number of hydrogen-bond acceptors (Lipinski definition) is 3. The number of ether oxygens (including phenoxy) is 1. The number of amides is 1. The van der Waals surface area contributed by atoms with Gasteiger partial charge in [0.05, 0.1) is 10.7 Å². The van der Waals surface area contributed by atoms with Gasteiger partial charge in [0.25, 0.3) is 5.91 Å². The lowest BCUT2D eigenvalue weighted by Gasteiger charge is -2.25. The van der Waals surface area contributed by atoms with Crippen LogP contribution in [0.25, 0.3) is 0 Å². The molecule has 1 fully saturated rings. The molecule has 1 aliphatic rings. The molecular weight excluding hydrogens is 264 g/mol. The molecule has 1 amide bonds. The van der Waals surface area contributed by atoms with Crippen LogP contribution in [0, 0.1) is 0 Å². The molecule has 1 aliphatic heterocycles. The van der Waals surface area contributed by atoms with E-state index in [1.54, 1.807) is 31.1 Å². The highest BCUT2D eigenvalue weighted by Crippen LogP contribution is 2.26. The Morgan fingerprint density at radius 1 is 1.37 bits per heavy atom. The summed E-state index contributed by atoms with van der Waals surface area (Å²) in [5, 5.41) is 4.04. The molecule has 0 aromatic heterocycles. The van der Waals surface area contributed by atoms with Crippen LogP contribution in [0.1, 0.15) is 23.2 Å². The van der Waals surface area contributed by atoms with Crippen molar-refractivity contribution >= 4 is 23.2 Å². The second-order valence-corrected chi connectivity index (χ2v) is 5.33. The average molecular weight is 283 g/mol. The Morgan fingerprint density at radius 2 is 2.05 bits per heavy atom. The van der Waals surface area contributed by atoms with Crippen LogP contribution in [0.15, 0.2) is 18.2 Å². The second-order valence-electron chi connectivity index (χ2n) is 4.93. The number of benzene rings is 1. The Hall–Kier alpha value is -1.26. The van der Waals surface area contributed by atoms with E-state index >= 15 is 0 Å². The van der Waals surface area contributed by atoms with Gasteiger partial charge < -0.3 is 15.0 Å². The Morgan fingerprint density at radius 3 is 2.68 bits per heavy atom. The van der Waals surface area contributed by atoms with Gasteiger partial charge in [-0.15, -0.1) is 0 Å². The number of nitrogens with one attached hydrogen (secondary N) is 1. The molecule has 0 aliphatic carbocycles. The number of anilines is 1. The van der Waals surface area contributed by atoms with Gasteiger partial charge in [-0.25, -0.2) is 0 Å². The molecule has 0 saturated carbocycles. The summed E-state index contributed by atoms with van der Waals surface area (Å²) in [6.45, 7) is 1.54. The molecule has 1 heterocycles. The summed E-state index contributed by atoms with van der Waals surface area (Å²) >= 11 is 6.18. The van der Waals surface area contributed by atoms with Gasteiger partial charge in [0.2, 0.25) is 0 Å². The van der Waals surface area contributed by atoms with E-state index in [4.69, 9.17) is 16.3 Å². The molecule has 0 atom stereocenters. The van der Waals surface area contributed by atoms with E-state index in [2.05, 4.69) is 5.32 Å². The summed E-state index contributed by atoms with van der Waals surface area (Å²) in [5.74, 6) is -0.0216. The van der Waals surface area contributed by atoms with Gasteiger partial charge >= 0.3 is 0 Å². The summed E-state index contributed by atoms with van der Waals surface area (Å²) in [7, 11) is 3.48. The highest BCUT2D eigenvalue weighted by Gasteiger charge is 2.16. The van der Waals surface area contributed by atoms with E-state index in [1.165, 1.54) is 0 Å².